The first-order valence-electron chi connectivity index (χ1n) is 7.59. The molecule has 0 atom stereocenters. The molecule has 106 valence electrons. The van der Waals surface area contributed by atoms with Gasteiger partial charge in [0.25, 0.3) is 0 Å². The highest BCUT2D eigenvalue weighted by molar-refractivity contribution is 5.96. The van der Waals surface area contributed by atoms with E-state index in [0.29, 0.717) is 0 Å². The fraction of sp³-hybridized carbons (Fsp3) is 0.100. The summed E-state index contributed by atoms with van der Waals surface area (Å²) in [6, 6.07) is 20.9. The van der Waals surface area contributed by atoms with Crippen LogP contribution in [-0.4, -0.2) is 9.97 Å². The Balaban J connectivity index is 2.07. The van der Waals surface area contributed by atoms with Gasteiger partial charge in [-0.25, -0.2) is 0 Å². The molecule has 4 rings (SSSR count). The molecule has 0 aliphatic rings. The first kappa shape index (κ1) is 13.0. The summed E-state index contributed by atoms with van der Waals surface area (Å²) in [5.74, 6) is 0. The molecule has 0 saturated carbocycles. The second kappa shape index (κ2) is 5.23. The Kier molecular flexibility index (Phi) is 3.08. The predicted molar refractivity (Wildman–Crippen MR) is 91.9 cm³/mol. The average molecular weight is 284 g/mol. The third-order valence-electron chi connectivity index (χ3n) is 4.06. The van der Waals surface area contributed by atoms with Crippen molar-refractivity contribution in [3.63, 3.8) is 0 Å². The van der Waals surface area contributed by atoms with E-state index in [9.17, 15) is 0 Å². The molecule has 0 fully saturated rings. The summed E-state index contributed by atoms with van der Waals surface area (Å²) in [6.45, 7) is 2.15. The zero-order valence-corrected chi connectivity index (χ0v) is 12.5. The van der Waals surface area contributed by atoms with Crippen LogP contribution in [0.4, 0.5) is 0 Å². The Bertz CT molecular complexity index is 968. The number of aromatic nitrogens is 2. The molecule has 0 aliphatic carbocycles. The van der Waals surface area contributed by atoms with Gasteiger partial charge in [0, 0.05) is 33.8 Å². The normalized spacial score (nSPS) is 11.1. The Labute approximate surface area is 129 Å². The van der Waals surface area contributed by atoms with E-state index >= 15 is 0 Å². The first-order chi connectivity index (χ1) is 10.9. The van der Waals surface area contributed by atoms with Gasteiger partial charge in [0.15, 0.2) is 0 Å². The highest BCUT2D eigenvalue weighted by Crippen LogP contribution is 2.31. The fourth-order valence-electron chi connectivity index (χ4n) is 2.98. The van der Waals surface area contributed by atoms with Gasteiger partial charge >= 0.3 is 0 Å². The second-order valence-corrected chi connectivity index (χ2v) is 5.41. The van der Waals surface area contributed by atoms with Crippen LogP contribution in [0.1, 0.15) is 12.6 Å². The summed E-state index contributed by atoms with van der Waals surface area (Å²) in [5, 5.41) is 2.33. The number of rotatable bonds is 2. The number of fused-ring (bicyclic) bond motifs is 2. The molecule has 2 nitrogen and oxygen atoms in total. The third-order valence-corrected chi connectivity index (χ3v) is 4.06. The quantitative estimate of drug-likeness (QED) is 0.517. The lowest BCUT2D eigenvalue weighted by atomic mass is 9.98. The number of para-hydroxylation sites is 2. The Hall–Kier alpha value is -2.74. The monoisotopic (exact) mass is 284 g/mol. The lowest BCUT2D eigenvalue weighted by Crippen LogP contribution is -1.95. The summed E-state index contributed by atoms with van der Waals surface area (Å²) in [7, 11) is 0. The topological polar surface area (TPSA) is 25.8 Å². The van der Waals surface area contributed by atoms with Crippen molar-refractivity contribution >= 4 is 21.8 Å². The zero-order valence-electron chi connectivity index (χ0n) is 12.5. The maximum atomic E-state index is 4.85. The van der Waals surface area contributed by atoms with E-state index in [-0.39, 0.29) is 0 Å². The first-order valence-corrected chi connectivity index (χ1v) is 7.59. The largest absolute Gasteiger partial charge is 0.256 e. The average Bonchev–Trinajstić information content (AvgIpc) is 2.60. The molecule has 0 aliphatic heterocycles. The lowest BCUT2D eigenvalue weighted by molar-refractivity contribution is 1.06. The molecule has 22 heavy (non-hydrogen) atoms. The van der Waals surface area contributed by atoms with Gasteiger partial charge in [0.1, 0.15) is 0 Å². The maximum Gasteiger partial charge on any atom is 0.0780 e. The molecule has 2 aromatic heterocycles. The summed E-state index contributed by atoms with van der Waals surface area (Å²) in [6.07, 6.45) is 2.76. The number of hydrogen-bond donors (Lipinski definition) is 0. The van der Waals surface area contributed by atoms with Gasteiger partial charge in [0.2, 0.25) is 0 Å². The number of nitrogens with zero attached hydrogens (tertiary/aromatic N) is 2. The standard InChI is InChI=1S/C20H16N2/c1-2-18-17(13-15-7-3-4-11-19(15)22-18)16-10-5-8-14-9-6-12-21-20(14)16/h3-13H,2H2,1H3. The number of pyridine rings is 2. The second-order valence-electron chi connectivity index (χ2n) is 5.41. The third kappa shape index (κ3) is 2.04. The Morgan fingerprint density at radius 1 is 0.818 bits per heavy atom. The summed E-state index contributed by atoms with van der Waals surface area (Å²) in [4.78, 5) is 9.43. The number of hydrogen-bond acceptors (Lipinski definition) is 2. The SMILES string of the molecule is CCc1nc2ccccc2cc1-c1cccc2cccnc12. The van der Waals surface area contributed by atoms with Gasteiger partial charge in [-0.1, -0.05) is 49.4 Å². The van der Waals surface area contributed by atoms with E-state index < -0.39 is 0 Å². The van der Waals surface area contributed by atoms with Gasteiger partial charge in [-0.15, -0.1) is 0 Å². The Morgan fingerprint density at radius 3 is 2.55 bits per heavy atom. The molecule has 2 heterocycles. The summed E-state index contributed by atoms with van der Waals surface area (Å²) < 4.78 is 0. The number of aryl methyl sites for hydroxylation is 1. The van der Waals surface area contributed by atoms with Crippen LogP contribution in [-0.2, 0) is 6.42 Å². The van der Waals surface area contributed by atoms with Gasteiger partial charge in [-0.05, 0) is 24.6 Å². The van der Waals surface area contributed by atoms with Crippen molar-refractivity contribution in [3.8, 4) is 11.1 Å². The van der Waals surface area contributed by atoms with Crippen molar-refractivity contribution < 1.29 is 0 Å². The van der Waals surface area contributed by atoms with Crippen LogP contribution in [0, 0.1) is 0 Å². The van der Waals surface area contributed by atoms with Gasteiger partial charge in [0.05, 0.1) is 11.0 Å². The Morgan fingerprint density at radius 2 is 1.64 bits per heavy atom. The maximum absolute atomic E-state index is 4.85. The molecule has 0 amide bonds. The molecule has 0 spiro atoms. The molecule has 0 N–H and O–H groups in total. The molecular formula is C20H16N2. The molecule has 2 heteroatoms. The van der Waals surface area contributed by atoms with Crippen LogP contribution < -0.4 is 0 Å². The van der Waals surface area contributed by atoms with Crippen molar-refractivity contribution in [1.29, 1.82) is 0 Å². The number of benzene rings is 2. The van der Waals surface area contributed by atoms with E-state index in [0.717, 1.165) is 34.1 Å². The molecule has 2 aromatic carbocycles. The van der Waals surface area contributed by atoms with Crippen molar-refractivity contribution in [2.24, 2.45) is 0 Å². The molecule has 0 saturated heterocycles. The van der Waals surface area contributed by atoms with Crippen molar-refractivity contribution in [2.45, 2.75) is 13.3 Å². The highest BCUT2D eigenvalue weighted by Gasteiger charge is 2.11. The van der Waals surface area contributed by atoms with E-state index in [1.54, 1.807) is 0 Å². The van der Waals surface area contributed by atoms with E-state index in [4.69, 9.17) is 4.98 Å². The highest BCUT2D eigenvalue weighted by atomic mass is 14.7. The molecule has 0 bridgehead atoms. The van der Waals surface area contributed by atoms with E-state index in [1.807, 2.05) is 18.3 Å². The smallest absolute Gasteiger partial charge is 0.0780 e. The molecular weight excluding hydrogens is 268 g/mol. The molecule has 4 aromatic rings. The van der Waals surface area contributed by atoms with Crippen molar-refractivity contribution in [3.05, 3.63) is 72.6 Å². The summed E-state index contributed by atoms with van der Waals surface area (Å²) in [5.41, 5.74) is 5.56. The fourth-order valence-corrected chi connectivity index (χ4v) is 2.98. The minimum atomic E-state index is 0.906. The van der Waals surface area contributed by atoms with Crippen molar-refractivity contribution in [2.75, 3.05) is 0 Å². The minimum absolute atomic E-state index is 0.906. The van der Waals surface area contributed by atoms with Gasteiger partial charge < -0.3 is 0 Å². The van der Waals surface area contributed by atoms with E-state index in [1.165, 1.54) is 10.9 Å². The predicted octanol–water partition coefficient (Wildman–Crippen LogP) is 5.01. The van der Waals surface area contributed by atoms with Crippen LogP contribution >= 0.6 is 0 Å². The van der Waals surface area contributed by atoms with Gasteiger partial charge in [-0.2, -0.15) is 0 Å². The van der Waals surface area contributed by atoms with Crippen LogP contribution in [0.2, 0.25) is 0 Å². The van der Waals surface area contributed by atoms with Gasteiger partial charge in [-0.3, -0.25) is 9.97 Å². The minimum Gasteiger partial charge on any atom is -0.256 e. The zero-order chi connectivity index (χ0) is 14.9. The van der Waals surface area contributed by atoms with Crippen LogP contribution in [0.3, 0.4) is 0 Å². The van der Waals surface area contributed by atoms with Crippen molar-refractivity contribution in [1.82, 2.24) is 9.97 Å². The lowest BCUT2D eigenvalue weighted by Gasteiger charge is -2.11. The molecule has 0 radical (unpaired) electrons. The van der Waals surface area contributed by atoms with Crippen LogP contribution in [0.5, 0.6) is 0 Å². The summed E-state index contributed by atoms with van der Waals surface area (Å²) >= 11 is 0. The molecule has 0 unspecified atom stereocenters. The van der Waals surface area contributed by atoms with Crippen LogP contribution in [0.15, 0.2) is 66.9 Å². The van der Waals surface area contributed by atoms with E-state index in [2.05, 4.69) is 60.4 Å². The van der Waals surface area contributed by atoms with Crippen LogP contribution in [0.25, 0.3) is 32.9 Å².